The molecule has 1 aliphatic carbocycles. The van der Waals surface area contributed by atoms with Crippen molar-refractivity contribution in [2.45, 2.75) is 64.8 Å². The molecule has 1 fully saturated rings. The molecule has 5 nitrogen and oxygen atoms in total. The van der Waals surface area contributed by atoms with Crippen molar-refractivity contribution in [3.8, 4) is 0 Å². The van der Waals surface area contributed by atoms with E-state index in [0.717, 1.165) is 25.7 Å². The van der Waals surface area contributed by atoms with E-state index in [-0.39, 0.29) is 17.2 Å². The minimum absolute atomic E-state index is 0.0673. The van der Waals surface area contributed by atoms with Crippen LogP contribution < -0.4 is 16.4 Å². The number of hydrogen-bond donors (Lipinski definition) is 3. The molecule has 0 atom stereocenters. The first-order valence-corrected chi connectivity index (χ1v) is 7.69. The Balaban J connectivity index is 2.00. The van der Waals surface area contributed by atoms with Crippen molar-refractivity contribution >= 4 is 11.8 Å². The molecule has 0 spiro atoms. The Morgan fingerprint density at radius 3 is 2.45 bits per heavy atom. The molecular formula is C15H29N3O2. The summed E-state index contributed by atoms with van der Waals surface area (Å²) in [4.78, 5) is 23.1. The molecule has 0 unspecified atom stereocenters. The van der Waals surface area contributed by atoms with Crippen LogP contribution in [-0.4, -0.2) is 30.9 Å². The molecule has 1 rings (SSSR count). The van der Waals surface area contributed by atoms with E-state index < -0.39 is 0 Å². The number of carbonyl (C=O) groups excluding carboxylic acids is 2. The van der Waals surface area contributed by atoms with Crippen molar-refractivity contribution in [3.63, 3.8) is 0 Å². The fraction of sp³-hybridized carbons (Fsp3) is 0.867. The molecular weight excluding hydrogens is 254 g/mol. The van der Waals surface area contributed by atoms with Gasteiger partial charge < -0.3 is 16.4 Å². The second-order valence-electron chi connectivity index (χ2n) is 6.50. The normalized spacial score (nSPS) is 14.9. The Bertz CT molecular complexity index is 325. The summed E-state index contributed by atoms with van der Waals surface area (Å²) in [5, 5.41) is 5.81. The maximum absolute atomic E-state index is 11.7. The molecule has 0 aromatic rings. The van der Waals surface area contributed by atoms with E-state index in [1.165, 1.54) is 0 Å². The van der Waals surface area contributed by atoms with Gasteiger partial charge in [-0.15, -0.1) is 0 Å². The summed E-state index contributed by atoms with van der Waals surface area (Å²) in [5.74, 6) is 0.170. The lowest BCUT2D eigenvalue weighted by Crippen LogP contribution is -2.29. The average Bonchev–Trinajstić information content (AvgIpc) is 3.16. The Morgan fingerprint density at radius 2 is 1.85 bits per heavy atom. The number of nitrogens with two attached hydrogens (primary N) is 1. The van der Waals surface area contributed by atoms with Crippen LogP contribution in [-0.2, 0) is 9.59 Å². The third-order valence-corrected chi connectivity index (χ3v) is 3.70. The molecule has 2 amide bonds. The largest absolute Gasteiger partial charge is 0.356 e. The highest BCUT2D eigenvalue weighted by molar-refractivity contribution is 5.77. The van der Waals surface area contributed by atoms with E-state index in [4.69, 9.17) is 5.73 Å². The van der Waals surface area contributed by atoms with Gasteiger partial charge in [0, 0.05) is 25.4 Å². The van der Waals surface area contributed by atoms with E-state index in [9.17, 15) is 9.59 Å². The van der Waals surface area contributed by atoms with E-state index in [1.54, 1.807) is 0 Å². The van der Waals surface area contributed by atoms with Crippen LogP contribution in [0.3, 0.4) is 0 Å². The minimum atomic E-state index is 0.0673. The second kappa shape index (κ2) is 8.25. The predicted molar refractivity (Wildman–Crippen MR) is 80.1 cm³/mol. The standard InChI is InChI=1S/C15H29N3O2/c1-15(2,9-10-16)8-7-13(19)17-11-3-4-14(20)18-12-5-6-12/h12H,3-11,16H2,1-2H3,(H,17,19)(H,18,20). The minimum Gasteiger partial charge on any atom is -0.356 e. The van der Waals surface area contributed by atoms with Gasteiger partial charge in [0.15, 0.2) is 0 Å². The Kier molecular flexibility index (Phi) is 6.99. The summed E-state index contributed by atoms with van der Waals surface area (Å²) in [6, 6.07) is 0.418. The zero-order valence-corrected chi connectivity index (χ0v) is 12.8. The van der Waals surface area contributed by atoms with Crippen LogP contribution in [0.1, 0.15) is 58.8 Å². The van der Waals surface area contributed by atoms with Crippen LogP contribution in [0.4, 0.5) is 0 Å². The molecule has 116 valence electrons. The van der Waals surface area contributed by atoms with E-state index in [0.29, 0.717) is 38.4 Å². The fourth-order valence-electron chi connectivity index (χ4n) is 2.06. The molecule has 1 aliphatic rings. The first kappa shape index (κ1) is 17.0. The van der Waals surface area contributed by atoms with E-state index in [1.807, 2.05) is 0 Å². The van der Waals surface area contributed by atoms with Crippen molar-refractivity contribution in [3.05, 3.63) is 0 Å². The van der Waals surface area contributed by atoms with Gasteiger partial charge in [-0.3, -0.25) is 9.59 Å². The lowest BCUT2D eigenvalue weighted by atomic mass is 9.84. The average molecular weight is 283 g/mol. The molecule has 4 N–H and O–H groups in total. The number of amides is 2. The van der Waals surface area contributed by atoms with Gasteiger partial charge in [0.05, 0.1) is 0 Å². The predicted octanol–water partition coefficient (Wildman–Crippen LogP) is 1.32. The maximum atomic E-state index is 11.7. The molecule has 0 aliphatic heterocycles. The van der Waals surface area contributed by atoms with Crippen molar-refractivity contribution in [2.75, 3.05) is 13.1 Å². The fourth-order valence-corrected chi connectivity index (χ4v) is 2.06. The van der Waals surface area contributed by atoms with Crippen LogP contribution in [0, 0.1) is 5.41 Å². The third-order valence-electron chi connectivity index (χ3n) is 3.70. The lowest BCUT2D eigenvalue weighted by molar-refractivity contribution is -0.123. The van der Waals surface area contributed by atoms with E-state index >= 15 is 0 Å². The van der Waals surface area contributed by atoms with Crippen LogP contribution in [0.15, 0.2) is 0 Å². The summed E-state index contributed by atoms with van der Waals surface area (Å²) in [7, 11) is 0. The van der Waals surface area contributed by atoms with Gasteiger partial charge in [-0.2, -0.15) is 0 Å². The van der Waals surface area contributed by atoms with Gasteiger partial charge in [0.1, 0.15) is 0 Å². The van der Waals surface area contributed by atoms with Crippen LogP contribution >= 0.6 is 0 Å². The Labute approximate surface area is 122 Å². The molecule has 20 heavy (non-hydrogen) atoms. The first-order valence-electron chi connectivity index (χ1n) is 7.69. The summed E-state index contributed by atoms with van der Waals surface area (Å²) >= 11 is 0. The smallest absolute Gasteiger partial charge is 0.220 e. The van der Waals surface area contributed by atoms with Gasteiger partial charge in [-0.05, 0) is 44.1 Å². The summed E-state index contributed by atoms with van der Waals surface area (Å²) in [5.41, 5.74) is 5.67. The SMILES string of the molecule is CC(C)(CCN)CCC(=O)NCCCC(=O)NC1CC1. The summed E-state index contributed by atoms with van der Waals surface area (Å²) in [6.07, 6.45) is 5.73. The molecule has 0 aromatic heterocycles. The van der Waals surface area contributed by atoms with E-state index in [2.05, 4.69) is 24.5 Å². The highest BCUT2D eigenvalue weighted by Gasteiger charge is 2.22. The van der Waals surface area contributed by atoms with Crippen molar-refractivity contribution in [1.82, 2.24) is 10.6 Å². The molecule has 0 saturated heterocycles. The van der Waals surface area contributed by atoms with Gasteiger partial charge in [0.25, 0.3) is 0 Å². The number of hydrogen-bond acceptors (Lipinski definition) is 3. The van der Waals surface area contributed by atoms with Crippen LogP contribution in [0.25, 0.3) is 0 Å². The number of rotatable bonds is 10. The molecule has 1 saturated carbocycles. The van der Waals surface area contributed by atoms with Gasteiger partial charge >= 0.3 is 0 Å². The van der Waals surface area contributed by atoms with Crippen molar-refractivity contribution in [2.24, 2.45) is 11.1 Å². The Morgan fingerprint density at radius 1 is 1.15 bits per heavy atom. The molecule has 0 aromatic carbocycles. The third kappa shape index (κ3) is 8.15. The monoisotopic (exact) mass is 283 g/mol. The zero-order valence-electron chi connectivity index (χ0n) is 12.8. The second-order valence-corrected chi connectivity index (χ2v) is 6.50. The van der Waals surface area contributed by atoms with Crippen molar-refractivity contribution in [1.29, 1.82) is 0 Å². The van der Waals surface area contributed by atoms with Gasteiger partial charge in [0.2, 0.25) is 11.8 Å². The Hall–Kier alpha value is -1.10. The van der Waals surface area contributed by atoms with Crippen molar-refractivity contribution < 1.29 is 9.59 Å². The highest BCUT2D eigenvalue weighted by atomic mass is 16.2. The molecule has 0 bridgehead atoms. The van der Waals surface area contributed by atoms with Crippen LogP contribution in [0.2, 0.25) is 0 Å². The highest BCUT2D eigenvalue weighted by Crippen LogP contribution is 2.25. The molecule has 0 heterocycles. The number of nitrogens with one attached hydrogen (secondary N) is 2. The van der Waals surface area contributed by atoms with Gasteiger partial charge in [-0.25, -0.2) is 0 Å². The quantitative estimate of drug-likeness (QED) is 0.529. The van der Waals surface area contributed by atoms with Crippen LogP contribution in [0.5, 0.6) is 0 Å². The molecule has 5 heteroatoms. The lowest BCUT2D eigenvalue weighted by Gasteiger charge is -2.23. The topological polar surface area (TPSA) is 84.2 Å². The number of carbonyl (C=O) groups is 2. The summed E-state index contributed by atoms with van der Waals surface area (Å²) in [6.45, 7) is 5.50. The zero-order chi connectivity index (χ0) is 15.0. The molecule has 0 radical (unpaired) electrons. The maximum Gasteiger partial charge on any atom is 0.220 e. The summed E-state index contributed by atoms with van der Waals surface area (Å²) < 4.78 is 0. The first-order chi connectivity index (χ1) is 9.43. The van der Waals surface area contributed by atoms with Gasteiger partial charge in [-0.1, -0.05) is 13.8 Å².